The van der Waals surface area contributed by atoms with Crippen molar-refractivity contribution in [2.75, 3.05) is 44.3 Å². The summed E-state index contributed by atoms with van der Waals surface area (Å²) in [7, 11) is 0. The fourth-order valence-corrected chi connectivity index (χ4v) is 3.23. The lowest BCUT2D eigenvalue weighted by Crippen LogP contribution is -2.43. The first-order valence-corrected chi connectivity index (χ1v) is 8.43. The Morgan fingerprint density at radius 2 is 1.91 bits per heavy atom. The molecule has 2 aromatic rings. The van der Waals surface area contributed by atoms with Crippen LogP contribution >= 0.6 is 11.3 Å². The van der Waals surface area contributed by atoms with Crippen molar-refractivity contribution in [2.24, 2.45) is 0 Å². The van der Waals surface area contributed by atoms with E-state index < -0.39 is 0 Å². The summed E-state index contributed by atoms with van der Waals surface area (Å²) in [6.45, 7) is 5.01. The quantitative estimate of drug-likeness (QED) is 0.850. The summed E-state index contributed by atoms with van der Waals surface area (Å²) in [5, 5.41) is 1.94. The maximum absolute atomic E-state index is 12.8. The van der Waals surface area contributed by atoms with Gasteiger partial charge in [-0.2, -0.15) is 0 Å². The third kappa shape index (κ3) is 3.74. The van der Waals surface area contributed by atoms with Gasteiger partial charge >= 0.3 is 0 Å². The van der Waals surface area contributed by atoms with E-state index in [2.05, 4.69) is 4.90 Å². The molecule has 3 rings (SSSR count). The first kappa shape index (κ1) is 15.2. The zero-order valence-corrected chi connectivity index (χ0v) is 13.3. The van der Waals surface area contributed by atoms with Crippen molar-refractivity contribution < 1.29 is 9.53 Å². The van der Waals surface area contributed by atoms with E-state index in [4.69, 9.17) is 4.74 Å². The van der Waals surface area contributed by atoms with Crippen molar-refractivity contribution in [2.45, 2.75) is 0 Å². The highest BCUT2D eigenvalue weighted by Crippen LogP contribution is 2.19. The molecule has 0 saturated carbocycles. The topological polar surface area (TPSA) is 32.8 Å². The summed E-state index contributed by atoms with van der Waals surface area (Å²) in [4.78, 5) is 17.8. The number of morpholine rings is 1. The fraction of sp³-hybridized carbons (Fsp3) is 0.353. The minimum absolute atomic E-state index is 0.0782. The van der Waals surface area contributed by atoms with Gasteiger partial charge in [-0.15, -0.1) is 11.3 Å². The van der Waals surface area contributed by atoms with Gasteiger partial charge in [0.05, 0.1) is 18.1 Å². The van der Waals surface area contributed by atoms with Crippen LogP contribution in [0.15, 0.2) is 47.8 Å². The summed E-state index contributed by atoms with van der Waals surface area (Å²) in [6, 6.07) is 13.7. The summed E-state index contributed by atoms with van der Waals surface area (Å²) < 4.78 is 5.38. The molecule has 1 aliphatic heterocycles. The number of benzene rings is 1. The molecule has 1 fully saturated rings. The van der Waals surface area contributed by atoms with Crippen LogP contribution < -0.4 is 4.90 Å². The van der Waals surface area contributed by atoms with Gasteiger partial charge in [0.1, 0.15) is 0 Å². The predicted octanol–water partition coefficient (Wildman–Crippen LogP) is 2.73. The van der Waals surface area contributed by atoms with Crippen LogP contribution in [-0.4, -0.2) is 50.2 Å². The van der Waals surface area contributed by atoms with E-state index in [1.807, 2.05) is 52.7 Å². The Bertz CT molecular complexity index is 580. The van der Waals surface area contributed by atoms with Gasteiger partial charge in [0.15, 0.2) is 0 Å². The zero-order valence-electron chi connectivity index (χ0n) is 12.5. The molecule has 4 nitrogen and oxygen atoms in total. The Morgan fingerprint density at radius 3 is 2.59 bits per heavy atom. The maximum Gasteiger partial charge on any atom is 0.268 e. The molecule has 0 N–H and O–H groups in total. The number of rotatable bonds is 5. The van der Waals surface area contributed by atoms with E-state index in [1.54, 1.807) is 0 Å². The van der Waals surface area contributed by atoms with Crippen molar-refractivity contribution in [1.82, 2.24) is 4.90 Å². The molecule has 0 spiro atoms. The average molecular weight is 316 g/mol. The van der Waals surface area contributed by atoms with Crippen LogP contribution in [0.4, 0.5) is 5.69 Å². The van der Waals surface area contributed by atoms with E-state index in [-0.39, 0.29) is 5.91 Å². The number of hydrogen-bond donors (Lipinski definition) is 0. The number of nitrogens with zero attached hydrogens (tertiary/aromatic N) is 2. The number of ether oxygens (including phenoxy) is 1. The molecule has 1 aromatic carbocycles. The van der Waals surface area contributed by atoms with E-state index in [0.29, 0.717) is 6.54 Å². The highest BCUT2D eigenvalue weighted by Gasteiger charge is 2.20. The third-order valence-electron chi connectivity index (χ3n) is 3.79. The highest BCUT2D eigenvalue weighted by molar-refractivity contribution is 7.12. The molecule has 0 unspecified atom stereocenters. The van der Waals surface area contributed by atoms with Crippen LogP contribution in [-0.2, 0) is 4.74 Å². The fourth-order valence-electron chi connectivity index (χ4n) is 2.56. The first-order valence-electron chi connectivity index (χ1n) is 7.55. The number of para-hydroxylation sites is 1. The summed E-state index contributed by atoms with van der Waals surface area (Å²) in [6.07, 6.45) is 0. The number of carbonyl (C=O) groups is 1. The lowest BCUT2D eigenvalue weighted by molar-refractivity contribution is 0.0391. The van der Waals surface area contributed by atoms with Gasteiger partial charge < -0.3 is 9.64 Å². The lowest BCUT2D eigenvalue weighted by Gasteiger charge is -2.30. The number of amides is 1. The summed E-state index contributed by atoms with van der Waals surface area (Å²) >= 11 is 1.49. The molecule has 5 heteroatoms. The molecule has 1 aliphatic rings. The molecule has 1 saturated heterocycles. The van der Waals surface area contributed by atoms with Gasteiger partial charge in [-0.3, -0.25) is 9.69 Å². The van der Waals surface area contributed by atoms with Crippen molar-refractivity contribution in [3.05, 3.63) is 52.7 Å². The Hall–Kier alpha value is -1.69. The van der Waals surface area contributed by atoms with Crippen molar-refractivity contribution in [3.63, 3.8) is 0 Å². The molecule has 2 heterocycles. The minimum atomic E-state index is 0.0782. The van der Waals surface area contributed by atoms with Crippen molar-refractivity contribution in [1.29, 1.82) is 0 Å². The third-order valence-corrected chi connectivity index (χ3v) is 4.65. The standard InChI is InChI=1S/C17H20N2O2S/c20-17(16-7-4-14-22-16)19(15-5-2-1-3-6-15)9-8-18-10-12-21-13-11-18/h1-7,14H,8-13H2. The Labute approximate surface area is 134 Å². The van der Waals surface area contributed by atoms with Crippen LogP contribution in [0.3, 0.4) is 0 Å². The van der Waals surface area contributed by atoms with Gasteiger partial charge in [0, 0.05) is 31.9 Å². The predicted molar refractivity (Wildman–Crippen MR) is 89.7 cm³/mol. The second-order valence-electron chi connectivity index (χ2n) is 5.22. The molecular weight excluding hydrogens is 296 g/mol. The summed E-state index contributed by atoms with van der Waals surface area (Å²) in [5.74, 6) is 0.0782. The molecule has 1 aromatic heterocycles. The van der Waals surface area contributed by atoms with Gasteiger partial charge in [-0.05, 0) is 23.6 Å². The normalized spacial score (nSPS) is 15.6. The second-order valence-corrected chi connectivity index (χ2v) is 6.17. The SMILES string of the molecule is O=C(c1cccs1)N(CCN1CCOCC1)c1ccccc1. The number of thiophene rings is 1. The Kier molecular flexibility index (Phi) is 5.21. The van der Waals surface area contributed by atoms with Crippen molar-refractivity contribution >= 4 is 22.9 Å². The summed E-state index contributed by atoms with van der Waals surface area (Å²) in [5.41, 5.74) is 0.953. The Morgan fingerprint density at radius 1 is 1.14 bits per heavy atom. The Balaban J connectivity index is 1.73. The molecular formula is C17H20N2O2S. The van der Waals surface area contributed by atoms with Crippen LogP contribution in [0.25, 0.3) is 0 Å². The molecule has 0 radical (unpaired) electrons. The molecule has 22 heavy (non-hydrogen) atoms. The smallest absolute Gasteiger partial charge is 0.268 e. The number of carbonyl (C=O) groups excluding carboxylic acids is 1. The lowest BCUT2D eigenvalue weighted by atomic mass is 10.2. The van der Waals surface area contributed by atoms with Crippen LogP contribution in [0.5, 0.6) is 0 Å². The van der Waals surface area contributed by atoms with Crippen LogP contribution in [0.1, 0.15) is 9.67 Å². The van der Waals surface area contributed by atoms with Gasteiger partial charge in [-0.25, -0.2) is 0 Å². The monoisotopic (exact) mass is 316 g/mol. The van der Waals surface area contributed by atoms with E-state index in [9.17, 15) is 4.79 Å². The largest absolute Gasteiger partial charge is 0.379 e. The van der Waals surface area contributed by atoms with Gasteiger partial charge in [0.2, 0.25) is 0 Å². The first-order chi connectivity index (χ1) is 10.8. The maximum atomic E-state index is 12.8. The van der Waals surface area contributed by atoms with Gasteiger partial charge in [0.25, 0.3) is 5.91 Å². The van der Waals surface area contributed by atoms with E-state index in [0.717, 1.165) is 43.4 Å². The number of anilines is 1. The molecule has 116 valence electrons. The van der Waals surface area contributed by atoms with E-state index in [1.165, 1.54) is 11.3 Å². The van der Waals surface area contributed by atoms with E-state index >= 15 is 0 Å². The zero-order chi connectivity index (χ0) is 15.2. The number of hydrogen-bond acceptors (Lipinski definition) is 4. The minimum Gasteiger partial charge on any atom is -0.379 e. The van der Waals surface area contributed by atoms with Crippen molar-refractivity contribution in [3.8, 4) is 0 Å². The average Bonchev–Trinajstić information content (AvgIpc) is 3.11. The highest BCUT2D eigenvalue weighted by atomic mass is 32.1. The van der Waals surface area contributed by atoms with Crippen LogP contribution in [0.2, 0.25) is 0 Å². The second kappa shape index (κ2) is 7.54. The molecule has 0 atom stereocenters. The molecule has 1 amide bonds. The van der Waals surface area contributed by atoms with Crippen LogP contribution in [0, 0.1) is 0 Å². The molecule has 0 bridgehead atoms. The van der Waals surface area contributed by atoms with Gasteiger partial charge in [-0.1, -0.05) is 24.3 Å². The molecule has 0 aliphatic carbocycles.